The molecule has 0 N–H and O–H groups in total. The number of aromatic nitrogens is 1. The van der Waals surface area contributed by atoms with Crippen LogP contribution in [0.3, 0.4) is 0 Å². The maximum absolute atomic E-state index is 4.26. The van der Waals surface area contributed by atoms with Crippen LogP contribution in [0.4, 0.5) is 0 Å². The van der Waals surface area contributed by atoms with Crippen LogP contribution in [-0.2, 0) is 12.8 Å². The first-order chi connectivity index (χ1) is 6.45. The van der Waals surface area contributed by atoms with E-state index in [0.29, 0.717) is 0 Å². The number of hydrogen-bond donors (Lipinski definition) is 0. The van der Waals surface area contributed by atoms with E-state index < -0.39 is 0 Å². The van der Waals surface area contributed by atoms with E-state index in [1.807, 2.05) is 12.4 Å². The van der Waals surface area contributed by atoms with Gasteiger partial charge in [-0.3, -0.25) is 4.98 Å². The van der Waals surface area contributed by atoms with Gasteiger partial charge in [-0.25, -0.2) is 0 Å². The van der Waals surface area contributed by atoms with Gasteiger partial charge in [0.2, 0.25) is 0 Å². The fourth-order valence-electron chi connectivity index (χ4n) is 2.26. The van der Waals surface area contributed by atoms with Crippen LogP contribution < -0.4 is 0 Å². The Bertz CT molecular complexity index is 421. The van der Waals surface area contributed by atoms with E-state index in [-0.39, 0.29) is 0 Å². The molecule has 1 heteroatoms. The molecule has 0 saturated carbocycles. The smallest absolute Gasteiger partial charge is 0.0346 e. The Labute approximate surface area is 77.4 Å². The summed E-state index contributed by atoms with van der Waals surface area (Å²) in [6, 6.07) is 6.53. The summed E-state index contributed by atoms with van der Waals surface area (Å²) in [4.78, 5) is 4.26. The van der Waals surface area contributed by atoms with Crippen molar-refractivity contribution in [2.45, 2.75) is 19.3 Å². The number of aryl methyl sites for hydroxylation is 2. The van der Waals surface area contributed by atoms with Crippen LogP contribution in [0.25, 0.3) is 10.8 Å². The minimum absolute atomic E-state index is 1.20. The highest BCUT2D eigenvalue weighted by molar-refractivity contribution is 5.88. The zero-order valence-electron chi connectivity index (χ0n) is 7.46. The van der Waals surface area contributed by atoms with Crippen LogP contribution in [0.1, 0.15) is 17.5 Å². The fourth-order valence-corrected chi connectivity index (χ4v) is 2.26. The molecule has 0 saturated heterocycles. The second kappa shape index (κ2) is 2.56. The van der Waals surface area contributed by atoms with Crippen LogP contribution in [0.5, 0.6) is 0 Å². The standard InChI is InChI=1S/C12H11N/c1-3-9-4-2-6-11-8-13-7-10(5-1)12(9)11/h1,3,5,7-8H,2,4,6H2. The molecular formula is C12H11N. The van der Waals surface area contributed by atoms with Crippen LogP contribution in [0, 0.1) is 0 Å². The lowest BCUT2D eigenvalue weighted by atomic mass is 9.90. The Morgan fingerprint density at radius 2 is 1.92 bits per heavy atom. The van der Waals surface area contributed by atoms with E-state index in [1.165, 1.54) is 41.2 Å². The molecule has 0 atom stereocenters. The third-order valence-corrected chi connectivity index (χ3v) is 2.84. The maximum Gasteiger partial charge on any atom is 0.0346 e. The molecule has 1 aromatic carbocycles. The Hall–Kier alpha value is -1.37. The van der Waals surface area contributed by atoms with Gasteiger partial charge in [0, 0.05) is 17.8 Å². The molecular weight excluding hydrogens is 158 g/mol. The summed E-state index contributed by atoms with van der Waals surface area (Å²) in [6.45, 7) is 0. The van der Waals surface area contributed by atoms with Crippen molar-refractivity contribution in [2.75, 3.05) is 0 Å². The average Bonchev–Trinajstić information content (AvgIpc) is 2.19. The van der Waals surface area contributed by atoms with Gasteiger partial charge in [-0.15, -0.1) is 0 Å². The van der Waals surface area contributed by atoms with E-state index in [2.05, 4.69) is 23.2 Å². The zero-order chi connectivity index (χ0) is 8.67. The molecule has 0 unspecified atom stereocenters. The molecule has 0 aliphatic heterocycles. The van der Waals surface area contributed by atoms with Gasteiger partial charge in [0.05, 0.1) is 0 Å². The largest absolute Gasteiger partial charge is 0.264 e. The molecule has 0 amide bonds. The van der Waals surface area contributed by atoms with Gasteiger partial charge in [0.1, 0.15) is 0 Å². The topological polar surface area (TPSA) is 12.9 Å². The van der Waals surface area contributed by atoms with E-state index >= 15 is 0 Å². The Morgan fingerprint density at radius 1 is 1.00 bits per heavy atom. The maximum atomic E-state index is 4.26. The van der Waals surface area contributed by atoms with Crippen LogP contribution >= 0.6 is 0 Å². The van der Waals surface area contributed by atoms with Gasteiger partial charge in [-0.1, -0.05) is 18.2 Å². The lowest BCUT2D eigenvalue weighted by Crippen LogP contribution is -2.01. The van der Waals surface area contributed by atoms with Gasteiger partial charge in [0.25, 0.3) is 0 Å². The monoisotopic (exact) mass is 169 g/mol. The lowest BCUT2D eigenvalue weighted by Gasteiger charge is -2.15. The first-order valence-corrected chi connectivity index (χ1v) is 4.79. The number of nitrogens with zero attached hydrogens (tertiary/aromatic N) is 1. The van der Waals surface area contributed by atoms with Crippen molar-refractivity contribution < 1.29 is 0 Å². The minimum Gasteiger partial charge on any atom is -0.264 e. The number of benzene rings is 1. The number of hydrogen-bond acceptors (Lipinski definition) is 1. The van der Waals surface area contributed by atoms with Crippen molar-refractivity contribution in [3.63, 3.8) is 0 Å². The third-order valence-electron chi connectivity index (χ3n) is 2.84. The van der Waals surface area contributed by atoms with Crippen LogP contribution in [0.2, 0.25) is 0 Å². The van der Waals surface area contributed by atoms with E-state index in [1.54, 1.807) is 0 Å². The molecule has 1 aliphatic rings. The first-order valence-electron chi connectivity index (χ1n) is 4.79. The summed E-state index contributed by atoms with van der Waals surface area (Å²) >= 11 is 0. The molecule has 0 radical (unpaired) electrons. The molecule has 64 valence electrons. The third kappa shape index (κ3) is 0.966. The van der Waals surface area contributed by atoms with Crippen LogP contribution in [0.15, 0.2) is 30.6 Å². The lowest BCUT2D eigenvalue weighted by molar-refractivity contribution is 0.804. The SMILES string of the molecule is c1cc2c3c(cncc3c1)CCC2. The summed E-state index contributed by atoms with van der Waals surface area (Å²) in [5.74, 6) is 0. The molecule has 0 fully saturated rings. The van der Waals surface area contributed by atoms with Crippen molar-refractivity contribution >= 4 is 10.8 Å². The first kappa shape index (κ1) is 7.07. The molecule has 0 spiro atoms. The molecule has 1 aliphatic carbocycles. The number of pyridine rings is 1. The van der Waals surface area contributed by atoms with Gasteiger partial charge in [-0.2, -0.15) is 0 Å². The second-order valence-corrected chi connectivity index (χ2v) is 3.67. The second-order valence-electron chi connectivity index (χ2n) is 3.67. The van der Waals surface area contributed by atoms with Gasteiger partial charge in [0.15, 0.2) is 0 Å². The van der Waals surface area contributed by atoms with E-state index in [0.717, 1.165) is 0 Å². The van der Waals surface area contributed by atoms with Crippen molar-refractivity contribution in [1.82, 2.24) is 4.98 Å². The normalized spacial score (nSPS) is 14.8. The van der Waals surface area contributed by atoms with Crippen molar-refractivity contribution in [1.29, 1.82) is 0 Å². The van der Waals surface area contributed by atoms with E-state index in [4.69, 9.17) is 0 Å². The quantitative estimate of drug-likeness (QED) is 0.591. The highest BCUT2D eigenvalue weighted by Crippen LogP contribution is 2.28. The molecule has 1 aromatic heterocycles. The molecule has 13 heavy (non-hydrogen) atoms. The molecule has 3 rings (SSSR count). The fraction of sp³-hybridized carbons (Fsp3) is 0.250. The molecule has 2 aromatic rings. The minimum atomic E-state index is 1.20. The van der Waals surface area contributed by atoms with Crippen molar-refractivity contribution in [3.8, 4) is 0 Å². The van der Waals surface area contributed by atoms with Gasteiger partial charge in [-0.05, 0) is 35.8 Å². The Morgan fingerprint density at radius 3 is 2.92 bits per heavy atom. The Kier molecular flexibility index (Phi) is 1.39. The highest BCUT2D eigenvalue weighted by atomic mass is 14.6. The predicted octanol–water partition coefficient (Wildman–Crippen LogP) is 2.72. The van der Waals surface area contributed by atoms with Crippen LogP contribution in [-0.4, -0.2) is 4.98 Å². The summed E-state index contributed by atoms with van der Waals surface area (Å²) in [5, 5.41) is 2.76. The summed E-state index contributed by atoms with van der Waals surface area (Å²) in [5.41, 5.74) is 2.93. The zero-order valence-corrected chi connectivity index (χ0v) is 7.46. The van der Waals surface area contributed by atoms with Gasteiger partial charge < -0.3 is 0 Å². The average molecular weight is 169 g/mol. The molecule has 1 heterocycles. The van der Waals surface area contributed by atoms with Crippen molar-refractivity contribution in [2.24, 2.45) is 0 Å². The van der Waals surface area contributed by atoms with Gasteiger partial charge >= 0.3 is 0 Å². The molecule has 0 bridgehead atoms. The number of rotatable bonds is 0. The molecule has 1 nitrogen and oxygen atoms in total. The van der Waals surface area contributed by atoms with E-state index in [9.17, 15) is 0 Å². The summed E-state index contributed by atoms with van der Waals surface area (Å²) in [6.07, 6.45) is 7.69. The summed E-state index contributed by atoms with van der Waals surface area (Å²) < 4.78 is 0. The summed E-state index contributed by atoms with van der Waals surface area (Å²) in [7, 11) is 0. The predicted molar refractivity (Wildman–Crippen MR) is 53.8 cm³/mol. The Balaban J connectivity index is 2.49. The highest BCUT2D eigenvalue weighted by Gasteiger charge is 2.11. The van der Waals surface area contributed by atoms with Crippen molar-refractivity contribution in [3.05, 3.63) is 41.7 Å².